The normalized spacial score (nSPS) is 11.1. The number of hydrogen-bond acceptors (Lipinski definition) is 8. The summed E-state index contributed by atoms with van der Waals surface area (Å²) < 4.78 is 17.8. The summed E-state index contributed by atoms with van der Waals surface area (Å²) in [7, 11) is 0. The lowest BCUT2D eigenvalue weighted by atomic mass is 9.78. The zero-order chi connectivity index (χ0) is 46.8. The summed E-state index contributed by atoms with van der Waals surface area (Å²) >= 11 is 0. The van der Waals surface area contributed by atoms with E-state index in [2.05, 4.69) is 13.8 Å². The molecule has 8 aromatic rings. The van der Waals surface area contributed by atoms with Crippen molar-refractivity contribution in [3.63, 3.8) is 0 Å². The van der Waals surface area contributed by atoms with Crippen molar-refractivity contribution in [2.24, 2.45) is 0 Å². The molecule has 0 amide bonds. The van der Waals surface area contributed by atoms with E-state index < -0.39 is 17.9 Å². The van der Waals surface area contributed by atoms with Crippen molar-refractivity contribution < 1.29 is 48.6 Å². The van der Waals surface area contributed by atoms with E-state index >= 15 is 0 Å². The summed E-state index contributed by atoms with van der Waals surface area (Å²) in [5.74, 6) is 0.0745. The molecule has 0 saturated carbocycles. The molecule has 0 heterocycles. The highest BCUT2D eigenvalue weighted by atomic mass is 17.2. The van der Waals surface area contributed by atoms with Gasteiger partial charge in [-0.1, -0.05) is 117 Å². The van der Waals surface area contributed by atoms with Crippen LogP contribution in [0.5, 0.6) is 34.5 Å². The molecule has 0 spiro atoms. The highest BCUT2D eigenvalue weighted by molar-refractivity contribution is 6.03. The summed E-state index contributed by atoms with van der Waals surface area (Å²) in [5.41, 5.74) is 6.23. The third kappa shape index (κ3) is 11.6. The highest BCUT2D eigenvalue weighted by Crippen LogP contribution is 2.35. The average molecular weight is 891 g/mol. The van der Waals surface area contributed by atoms with E-state index in [0.717, 1.165) is 33.4 Å². The van der Waals surface area contributed by atoms with Gasteiger partial charge in [0.05, 0.1) is 16.7 Å². The molecule has 10 heteroatoms. The molecule has 0 aliphatic rings. The Morgan fingerprint density at radius 1 is 0.433 bits per heavy atom. The molecule has 0 saturated heterocycles. The number of ether oxygens (including phenoxy) is 3. The number of carbonyl (C=O) groups excluding carboxylic acids is 1. The zero-order valence-corrected chi connectivity index (χ0v) is 36.8. The Morgan fingerprint density at radius 3 is 1.33 bits per heavy atom. The summed E-state index contributed by atoms with van der Waals surface area (Å²) in [6, 6.07) is 58.9. The monoisotopic (exact) mass is 890 g/mol. The standard InChI is InChI=1S/C57H46O10/c1-57(2,43-15-19-45(20-16-43)64-47-23-25-49(26-24-47)66-56(62)53-36-41(14-32-52(53)55(60)61)34-39-11-7-4-8-12-39)44-17-21-46(22-18-44)65-48-27-29-50(30-28-48)67-63-37-42-35-40(13-31-51(42)54(58)59)33-38-9-5-3-6-10-38/h3-32,35-36H,33-34,37H2,1-2H3,(H,58,59)(H,60,61). The van der Waals surface area contributed by atoms with Gasteiger partial charge in [0.1, 0.15) is 35.4 Å². The molecule has 0 radical (unpaired) electrons. The van der Waals surface area contributed by atoms with Crippen molar-refractivity contribution in [1.29, 1.82) is 0 Å². The van der Waals surface area contributed by atoms with Crippen LogP contribution < -0.4 is 19.1 Å². The van der Waals surface area contributed by atoms with E-state index in [-0.39, 0.29) is 34.5 Å². The van der Waals surface area contributed by atoms with E-state index in [9.17, 15) is 24.6 Å². The van der Waals surface area contributed by atoms with Crippen LogP contribution in [0.1, 0.15) is 83.9 Å². The van der Waals surface area contributed by atoms with E-state index in [1.807, 2.05) is 121 Å². The van der Waals surface area contributed by atoms with Crippen LogP contribution >= 0.6 is 0 Å². The minimum absolute atomic E-state index is 0.0239. The minimum atomic E-state index is -1.21. The minimum Gasteiger partial charge on any atom is -0.478 e. The molecule has 2 N–H and O–H groups in total. The zero-order valence-electron chi connectivity index (χ0n) is 36.8. The fraction of sp³-hybridized carbons (Fsp3) is 0.105. The van der Waals surface area contributed by atoms with Gasteiger partial charge >= 0.3 is 17.9 Å². The lowest BCUT2D eigenvalue weighted by Crippen LogP contribution is -2.18. The van der Waals surface area contributed by atoms with Gasteiger partial charge in [-0.25, -0.2) is 14.4 Å². The van der Waals surface area contributed by atoms with Gasteiger partial charge in [-0.15, -0.1) is 0 Å². The van der Waals surface area contributed by atoms with Crippen LogP contribution in [0.4, 0.5) is 0 Å². The van der Waals surface area contributed by atoms with Gasteiger partial charge in [-0.05, 0) is 143 Å². The maximum atomic E-state index is 13.2. The number of carboxylic acid groups (broad SMARTS) is 2. The topological polar surface area (TPSA) is 138 Å². The predicted molar refractivity (Wildman–Crippen MR) is 254 cm³/mol. The van der Waals surface area contributed by atoms with Crippen LogP contribution in [-0.4, -0.2) is 28.1 Å². The number of aromatic carboxylic acids is 2. The third-order valence-corrected chi connectivity index (χ3v) is 11.3. The molecule has 8 aromatic carbocycles. The van der Waals surface area contributed by atoms with E-state index in [0.29, 0.717) is 47.2 Å². The molecule has 0 aliphatic carbocycles. The molecule has 334 valence electrons. The molecule has 8 rings (SSSR count). The van der Waals surface area contributed by atoms with Crippen molar-refractivity contribution in [2.45, 2.75) is 38.7 Å². The SMILES string of the molecule is CC(C)(c1ccc(Oc2ccc(OOCc3cc(Cc4ccccc4)ccc3C(=O)O)cc2)cc1)c1ccc(Oc2ccc(OC(=O)c3cc(Cc4ccccc4)ccc3C(=O)O)cc2)cc1. The first kappa shape index (κ1) is 45.1. The molecule has 0 bridgehead atoms. The Hall–Kier alpha value is -8.47. The Balaban J connectivity index is 0.824. The van der Waals surface area contributed by atoms with Crippen LogP contribution in [0, 0.1) is 0 Å². The first-order chi connectivity index (χ1) is 32.5. The second-order valence-electron chi connectivity index (χ2n) is 16.4. The van der Waals surface area contributed by atoms with Gasteiger partial charge in [0, 0.05) is 5.41 Å². The maximum absolute atomic E-state index is 13.2. The van der Waals surface area contributed by atoms with Crippen molar-refractivity contribution in [3.05, 3.63) is 250 Å². The fourth-order valence-corrected chi connectivity index (χ4v) is 7.59. The van der Waals surface area contributed by atoms with Gasteiger partial charge in [-0.2, -0.15) is 4.89 Å². The van der Waals surface area contributed by atoms with E-state index in [1.165, 1.54) is 6.07 Å². The van der Waals surface area contributed by atoms with Crippen LogP contribution in [-0.2, 0) is 29.8 Å². The maximum Gasteiger partial charge on any atom is 0.344 e. The second-order valence-corrected chi connectivity index (χ2v) is 16.4. The number of esters is 1. The predicted octanol–water partition coefficient (Wildman–Crippen LogP) is 12.9. The Labute approximate surface area is 388 Å². The van der Waals surface area contributed by atoms with E-state index in [4.69, 9.17) is 24.0 Å². The fourth-order valence-electron chi connectivity index (χ4n) is 7.59. The molecule has 0 fully saturated rings. The quantitative estimate of drug-likeness (QED) is 0.0370. The van der Waals surface area contributed by atoms with Crippen molar-refractivity contribution in [3.8, 4) is 34.5 Å². The first-order valence-corrected chi connectivity index (χ1v) is 21.5. The van der Waals surface area contributed by atoms with E-state index in [1.54, 1.807) is 66.7 Å². The van der Waals surface area contributed by atoms with Crippen LogP contribution in [0.3, 0.4) is 0 Å². The largest absolute Gasteiger partial charge is 0.478 e. The average Bonchev–Trinajstić information content (AvgIpc) is 3.33. The van der Waals surface area contributed by atoms with Gasteiger partial charge < -0.3 is 29.3 Å². The van der Waals surface area contributed by atoms with Gasteiger partial charge in [0.25, 0.3) is 0 Å². The van der Waals surface area contributed by atoms with Crippen molar-refractivity contribution >= 4 is 17.9 Å². The van der Waals surface area contributed by atoms with Gasteiger partial charge in [0.2, 0.25) is 0 Å². The second kappa shape index (κ2) is 20.6. The lowest BCUT2D eigenvalue weighted by Gasteiger charge is -2.26. The number of hydrogen-bond donors (Lipinski definition) is 2. The molecular weight excluding hydrogens is 845 g/mol. The summed E-state index contributed by atoms with van der Waals surface area (Å²) in [5, 5.41) is 19.5. The Kier molecular flexibility index (Phi) is 13.9. The molecule has 0 atom stereocenters. The summed E-state index contributed by atoms with van der Waals surface area (Å²) in [6.45, 7) is 4.23. The van der Waals surface area contributed by atoms with Crippen molar-refractivity contribution in [2.75, 3.05) is 0 Å². The Bertz CT molecular complexity index is 2970. The van der Waals surface area contributed by atoms with Crippen LogP contribution in [0.25, 0.3) is 0 Å². The van der Waals surface area contributed by atoms with Crippen LogP contribution in [0.15, 0.2) is 194 Å². The number of carbonyl (C=O) groups is 3. The van der Waals surface area contributed by atoms with Crippen LogP contribution in [0.2, 0.25) is 0 Å². The molecule has 0 aromatic heterocycles. The molecule has 0 unspecified atom stereocenters. The highest BCUT2D eigenvalue weighted by Gasteiger charge is 2.24. The smallest absolute Gasteiger partial charge is 0.344 e. The number of carboxylic acids is 2. The lowest BCUT2D eigenvalue weighted by molar-refractivity contribution is -0.217. The van der Waals surface area contributed by atoms with Gasteiger partial charge in [0.15, 0.2) is 5.75 Å². The number of benzene rings is 8. The molecule has 0 aliphatic heterocycles. The summed E-state index contributed by atoms with van der Waals surface area (Å²) in [4.78, 5) is 48.0. The summed E-state index contributed by atoms with van der Waals surface area (Å²) in [6.07, 6.45) is 1.21. The van der Waals surface area contributed by atoms with Crippen molar-refractivity contribution in [1.82, 2.24) is 0 Å². The molecular formula is C57H46O10. The molecule has 67 heavy (non-hydrogen) atoms. The third-order valence-electron chi connectivity index (χ3n) is 11.3. The Morgan fingerprint density at radius 2 is 0.851 bits per heavy atom. The van der Waals surface area contributed by atoms with Gasteiger partial charge in [-0.3, -0.25) is 0 Å². The first-order valence-electron chi connectivity index (χ1n) is 21.5. The molecule has 10 nitrogen and oxygen atoms in total. The number of rotatable bonds is 18.